The van der Waals surface area contributed by atoms with Crippen LogP contribution in [0.5, 0.6) is 0 Å². The van der Waals surface area contributed by atoms with Crippen LogP contribution in [0.3, 0.4) is 0 Å². The first-order chi connectivity index (χ1) is 7.31. The molecular weight excluding hydrogens is 208 g/mol. The zero-order valence-corrected chi connectivity index (χ0v) is 8.75. The average molecular weight is 217 g/mol. The second-order valence-corrected chi connectivity index (χ2v) is 3.36. The maximum Gasteiger partial charge on any atom is 0.235 e. The SMILES string of the molecule is O=C(C[S])Nc1cccc2ncccc12. The van der Waals surface area contributed by atoms with Crippen LogP contribution in [0.15, 0.2) is 36.5 Å². The smallest absolute Gasteiger partial charge is 0.235 e. The van der Waals surface area contributed by atoms with Crippen LogP contribution < -0.4 is 5.32 Å². The molecule has 0 unspecified atom stereocenters. The molecule has 1 heterocycles. The summed E-state index contributed by atoms with van der Waals surface area (Å²) in [7, 11) is 0. The Bertz CT molecular complexity index is 493. The Labute approximate surface area is 92.9 Å². The number of carbonyl (C=O) groups excluding carboxylic acids is 1. The Morgan fingerprint density at radius 1 is 1.33 bits per heavy atom. The number of amides is 1. The van der Waals surface area contributed by atoms with Crippen molar-refractivity contribution < 1.29 is 4.79 Å². The van der Waals surface area contributed by atoms with E-state index in [9.17, 15) is 4.79 Å². The molecule has 0 aliphatic carbocycles. The van der Waals surface area contributed by atoms with Gasteiger partial charge in [-0.3, -0.25) is 9.78 Å². The van der Waals surface area contributed by atoms with Crippen LogP contribution in [0.2, 0.25) is 0 Å². The molecule has 0 aliphatic rings. The highest BCUT2D eigenvalue weighted by atomic mass is 32.1. The number of carbonyl (C=O) groups is 1. The number of pyridine rings is 1. The molecule has 2 rings (SSSR count). The first-order valence-corrected chi connectivity index (χ1v) is 5.10. The summed E-state index contributed by atoms with van der Waals surface area (Å²) in [6.07, 6.45) is 1.72. The minimum Gasteiger partial charge on any atom is -0.325 e. The van der Waals surface area contributed by atoms with E-state index in [1.807, 2.05) is 30.3 Å². The highest BCUT2D eigenvalue weighted by molar-refractivity contribution is 7.81. The number of benzene rings is 1. The van der Waals surface area contributed by atoms with Crippen molar-refractivity contribution in [2.75, 3.05) is 11.1 Å². The summed E-state index contributed by atoms with van der Waals surface area (Å²) in [5.74, 6) is -0.0993. The summed E-state index contributed by atoms with van der Waals surface area (Å²) in [5.41, 5.74) is 1.62. The Hall–Kier alpha value is -1.55. The van der Waals surface area contributed by atoms with Gasteiger partial charge in [-0.05, 0) is 24.3 Å². The fourth-order valence-electron chi connectivity index (χ4n) is 1.40. The molecule has 0 fully saturated rings. The van der Waals surface area contributed by atoms with Crippen LogP contribution in [-0.4, -0.2) is 16.6 Å². The van der Waals surface area contributed by atoms with E-state index < -0.39 is 0 Å². The molecule has 0 atom stereocenters. The zero-order valence-electron chi connectivity index (χ0n) is 7.93. The largest absolute Gasteiger partial charge is 0.325 e. The minimum atomic E-state index is -0.165. The minimum absolute atomic E-state index is 0.0661. The highest BCUT2D eigenvalue weighted by Gasteiger charge is 2.03. The summed E-state index contributed by atoms with van der Waals surface area (Å²) in [6.45, 7) is 0. The van der Waals surface area contributed by atoms with Crippen molar-refractivity contribution in [1.29, 1.82) is 0 Å². The molecule has 1 N–H and O–H groups in total. The van der Waals surface area contributed by atoms with Crippen molar-refractivity contribution in [2.45, 2.75) is 0 Å². The van der Waals surface area contributed by atoms with E-state index in [0.29, 0.717) is 0 Å². The van der Waals surface area contributed by atoms with Gasteiger partial charge in [-0.1, -0.05) is 18.7 Å². The normalized spacial score (nSPS) is 10.2. The zero-order chi connectivity index (χ0) is 10.7. The molecular formula is C11H9N2OS. The Morgan fingerprint density at radius 3 is 3.00 bits per heavy atom. The lowest BCUT2D eigenvalue weighted by molar-refractivity contribution is -0.113. The van der Waals surface area contributed by atoms with Crippen LogP contribution in [0.25, 0.3) is 10.9 Å². The number of nitrogens with one attached hydrogen (secondary N) is 1. The molecule has 15 heavy (non-hydrogen) atoms. The topological polar surface area (TPSA) is 42.0 Å². The van der Waals surface area contributed by atoms with E-state index in [-0.39, 0.29) is 11.7 Å². The third-order valence-electron chi connectivity index (χ3n) is 2.05. The van der Waals surface area contributed by atoms with Gasteiger partial charge in [-0.25, -0.2) is 0 Å². The van der Waals surface area contributed by atoms with E-state index in [1.165, 1.54) is 0 Å². The predicted molar refractivity (Wildman–Crippen MR) is 62.8 cm³/mol. The number of fused-ring (bicyclic) bond motifs is 1. The fourth-order valence-corrected chi connectivity index (χ4v) is 1.47. The summed E-state index contributed by atoms with van der Waals surface area (Å²) >= 11 is 4.67. The average Bonchev–Trinajstić information content (AvgIpc) is 2.29. The number of nitrogens with zero attached hydrogens (tertiary/aromatic N) is 1. The molecule has 4 heteroatoms. The summed E-state index contributed by atoms with van der Waals surface area (Å²) in [4.78, 5) is 15.4. The van der Waals surface area contributed by atoms with Crippen LogP contribution in [0.4, 0.5) is 5.69 Å². The number of anilines is 1. The van der Waals surface area contributed by atoms with Gasteiger partial charge in [0, 0.05) is 11.6 Å². The van der Waals surface area contributed by atoms with E-state index in [4.69, 9.17) is 0 Å². The molecule has 0 bridgehead atoms. The van der Waals surface area contributed by atoms with Crippen LogP contribution in [-0.2, 0) is 4.79 Å². The van der Waals surface area contributed by atoms with E-state index in [2.05, 4.69) is 22.9 Å². The van der Waals surface area contributed by atoms with Gasteiger partial charge < -0.3 is 5.32 Å². The molecule has 0 saturated heterocycles. The predicted octanol–water partition coefficient (Wildman–Crippen LogP) is 2.37. The molecule has 1 amide bonds. The number of hydrogen-bond donors (Lipinski definition) is 1. The van der Waals surface area contributed by atoms with Crippen molar-refractivity contribution in [3.8, 4) is 0 Å². The van der Waals surface area contributed by atoms with Crippen molar-refractivity contribution in [3.05, 3.63) is 36.5 Å². The van der Waals surface area contributed by atoms with E-state index in [1.54, 1.807) is 6.20 Å². The van der Waals surface area contributed by atoms with Gasteiger partial charge in [0.05, 0.1) is 17.0 Å². The van der Waals surface area contributed by atoms with Gasteiger partial charge in [-0.2, -0.15) is 0 Å². The monoisotopic (exact) mass is 217 g/mol. The van der Waals surface area contributed by atoms with Gasteiger partial charge >= 0.3 is 0 Å². The van der Waals surface area contributed by atoms with Gasteiger partial charge in [0.2, 0.25) is 5.91 Å². The van der Waals surface area contributed by atoms with Crippen molar-refractivity contribution >= 4 is 35.1 Å². The van der Waals surface area contributed by atoms with Crippen molar-refractivity contribution in [3.63, 3.8) is 0 Å². The maximum atomic E-state index is 11.2. The molecule has 1 radical (unpaired) electrons. The van der Waals surface area contributed by atoms with Crippen molar-refractivity contribution in [2.24, 2.45) is 0 Å². The molecule has 0 spiro atoms. The number of aromatic nitrogens is 1. The summed E-state index contributed by atoms with van der Waals surface area (Å²) in [6, 6.07) is 9.35. The lowest BCUT2D eigenvalue weighted by Crippen LogP contribution is -2.12. The lowest BCUT2D eigenvalue weighted by Gasteiger charge is -2.06. The quantitative estimate of drug-likeness (QED) is 0.839. The molecule has 0 saturated carbocycles. The number of rotatable bonds is 2. The second kappa shape index (κ2) is 4.31. The third kappa shape index (κ3) is 2.10. The first kappa shape index (κ1) is 9.98. The molecule has 2 aromatic rings. The molecule has 0 aliphatic heterocycles. The van der Waals surface area contributed by atoms with E-state index in [0.717, 1.165) is 16.6 Å². The van der Waals surface area contributed by atoms with Gasteiger partial charge in [0.25, 0.3) is 0 Å². The van der Waals surface area contributed by atoms with Crippen molar-refractivity contribution in [1.82, 2.24) is 4.98 Å². The van der Waals surface area contributed by atoms with Gasteiger partial charge in [0.15, 0.2) is 0 Å². The maximum absolute atomic E-state index is 11.2. The van der Waals surface area contributed by atoms with E-state index >= 15 is 0 Å². The molecule has 1 aromatic heterocycles. The van der Waals surface area contributed by atoms with Crippen LogP contribution in [0, 0.1) is 0 Å². The van der Waals surface area contributed by atoms with Gasteiger partial charge in [0.1, 0.15) is 0 Å². The molecule has 1 aromatic carbocycles. The molecule has 75 valence electrons. The standard InChI is InChI=1S/C11H9N2OS/c14-11(7-15)13-10-5-1-4-9-8(10)3-2-6-12-9/h1-6H,7H2,(H,13,14). The Kier molecular flexibility index (Phi) is 2.87. The Balaban J connectivity index is 2.46. The third-order valence-corrected chi connectivity index (χ3v) is 2.31. The fraction of sp³-hybridized carbons (Fsp3) is 0.0909. The summed E-state index contributed by atoms with van der Waals surface area (Å²) in [5, 5.41) is 3.68. The van der Waals surface area contributed by atoms with Crippen LogP contribution >= 0.6 is 12.6 Å². The highest BCUT2D eigenvalue weighted by Crippen LogP contribution is 2.20. The number of hydrogen-bond acceptors (Lipinski definition) is 2. The Morgan fingerprint density at radius 2 is 2.20 bits per heavy atom. The molecule has 3 nitrogen and oxygen atoms in total. The first-order valence-electron chi connectivity index (χ1n) is 4.53. The lowest BCUT2D eigenvalue weighted by atomic mass is 10.2. The second-order valence-electron chi connectivity index (χ2n) is 3.07. The summed E-state index contributed by atoms with van der Waals surface area (Å²) < 4.78 is 0. The van der Waals surface area contributed by atoms with Gasteiger partial charge in [-0.15, -0.1) is 0 Å². The van der Waals surface area contributed by atoms with Crippen LogP contribution in [0.1, 0.15) is 0 Å².